The molecule has 0 radical (unpaired) electrons. The fourth-order valence-corrected chi connectivity index (χ4v) is 1.82. The van der Waals surface area contributed by atoms with Crippen molar-refractivity contribution in [2.45, 2.75) is 26.7 Å². The Hall–Kier alpha value is -2.30. The van der Waals surface area contributed by atoms with Gasteiger partial charge in [0, 0.05) is 12.6 Å². The van der Waals surface area contributed by atoms with Gasteiger partial charge in [-0.15, -0.1) is 0 Å². The summed E-state index contributed by atoms with van der Waals surface area (Å²) in [6.45, 7) is 5.04. The summed E-state index contributed by atoms with van der Waals surface area (Å²) in [7, 11) is 0. The summed E-state index contributed by atoms with van der Waals surface area (Å²) in [5.74, 6) is 1.31. The molecule has 0 aliphatic heterocycles. The van der Waals surface area contributed by atoms with E-state index in [4.69, 9.17) is 9.26 Å². The zero-order chi connectivity index (χ0) is 15.1. The van der Waals surface area contributed by atoms with Crippen LogP contribution in [0.2, 0.25) is 0 Å². The maximum absolute atomic E-state index is 11.7. The second-order valence-corrected chi connectivity index (χ2v) is 4.95. The van der Waals surface area contributed by atoms with E-state index in [1.54, 1.807) is 13.0 Å². The van der Waals surface area contributed by atoms with Gasteiger partial charge in [-0.25, -0.2) is 0 Å². The molecule has 0 fully saturated rings. The monoisotopic (exact) mass is 288 g/mol. The molecule has 1 amide bonds. The van der Waals surface area contributed by atoms with Gasteiger partial charge in [0.1, 0.15) is 11.5 Å². The molecule has 1 heterocycles. The summed E-state index contributed by atoms with van der Waals surface area (Å²) in [5.41, 5.74) is 1.54. The molecule has 0 atom stereocenters. The van der Waals surface area contributed by atoms with Crippen LogP contribution in [0, 0.1) is 13.8 Å². The number of unbranched alkanes of at least 4 members (excludes halogenated alkanes) is 1. The number of hydrogen-bond donors (Lipinski definition) is 1. The van der Waals surface area contributed by atoms with Crippen molar-refractivity contribution in [3.63, 3.8) is 0 Å². The number of ether oxygens (including phenoxy) is 1. The van der Waals surface area contributed by atoms with Crippen LogP contribution in [0.15, 0.2) is 34.9 Å². The standard InChI is InChI=1S/C16H20N2O3/c1-12-5-7-14(8-6-12)20-10-4-3-9-17-16(19)15-11-13(2)21-18-15/h5-8,11H,3-4,9-10H2,1-2H3,(H,17,19). The van der Waals surface area contributed by atoms with Crippen LogP contribution < -0.4 is 10.1 Å². The van der Waals surface area contributed by atoms with Crippen LogP contribution in [0.25, 0.3) is 0 Å². The Balaban J connectivity index is 1.58. The minimum absolute atomic E-state index is 0.202. The minimum atomic E-state index is -0.202. The predicted molar refractivity (Wildman–Crippen MR) is 79.5 cm³/mol. The second-order valence-electron chi connectivity index (χ2n) is 4.95. The molecule has 1 N–H and O–H groups in total. The molecule has 0 bridgehead atoms. The van der Waals surface area contributed by atoms with Crippen LogP contribution in [0.3, 0.4) is 0 Å². The van der Waals surface area contributed by atoms with Crippen LogP contribution in [0.4, 0.5) is 0 Å². The molecule has 5 nitrogen and oxygen atoms in total. The van der Waals surface area contributed by atoms with Crippen LogP contribution in [0.1, 0.15) is 34.7 Å². The Morgan fingerprint density at radius 1 is 1.24 bits per heavy atom. The van der Waals surface area contributed by atoms with E-state index in [0.29, 0.717) is 24.6 Å². The SMILES string of the molecule is Cc1ccc(OCCCCNC(=O)c2cc(C)on2)cc1. The Bertz CT molecular complexity index is 575. The lowest BCUT2D eigenvalue weighted by atomic mass is 10.2. The first-order valence-electron chi connectivity index (χ1n) is 7.06. The first-order valence-corrected chi connectivity index (χ1v) is 7.06. The van der Waals surface area contributed by atoms with E-state index in [-0.39, 0.29) is 5.91 Å². The van der Waals surface area contributed by atoms with Gasteiger partial charge in [-0.2, -0.15) is 0 Å². The fourth-order valence-electron chi connectivity index (χ4n) is 1.82. The van der Waals surface area contributed by atoms with E-state index < -0.39 is 0 Å². The number of aromatic nitrogens is 1. The van der Waals surface area contributed by atoms with Crippen LogP contribution in [-0.4, -0.2) is 24.2 Å². The molecule has 0 saturated heterocycles. The van der Waals surface area contributed by atoms with Crippen LogP contribution >= 0.6 is 0 Å². The molecular weight excluding hydrogens is 268 g/mol. The molecular formula is C16H20N2O3. The maximum atomic E-state index is 11.7. The number of nitrogens with zero attached hydrogens (tertiary/aromatic N) is 1. The maximum Gasteiger partial charge on any atom is 0.273 e. The first kappa shape index (κ1) is 15.1. The van der Waals surface area contributed by atoms with Crippen molar-refractivity contribution in [2.24, 2.45) is 0 Å². The van der Waals surface area contributed by atoms with Gasteiger partial charge in [0.05, 0.1) is 6.61 Å². The zero-order valence-electron chi connectivity index (χ0n) is 12.4. The van der Waals surface area contributed by atoms with Crippen molar-refractivity contribution in [3.05, 3.63) is 47.3 Å². The Labute approximate surface area is 124 Å². The smallest absolute Gasteiger partial charge is 0.273 e. The van der Waals surface area contributed by atoms with Gasteiger partial charge in [0.15, 0.2) is 5.69 Å². The van der Waals surface area contributed by atoms with Crippen molar-refractivity contribution in [3.8, 4) is 5.75 Å². The second kappa shape index (κ2) is 7.47. The molecule has 0 aliphatic rings. The number of nitrogens with one attached hydrogen (secondary N) is 1. The molecule has 0 aliphatic carbocycles. The summed E-state index contributed by atoms with van der Waals surface area (Å²) in [4.78, 5) is 11.7. The van der Waals surface area contributed by atoms with E-state index in [1.165, 1.54) is 5.56 Å². The molecule has 0 unspecified atom stereocenters. The highest BCUT2D eigenvalue weighted by atomic mass is 16.5. The minimum Gasteiger partial charge on any atom is -0.494 e. The molecule has 0 spiro atoms. The lowest BCUT2D eigenvalue weighted by molar-refractivity contribution is 0.0943. The molecule has 1 aromatic carbocycles. The number of aryl methyl sites for hydroxylation is 2. The van der Waals surface area contributed by atoms with Gasteiger partial charge in [0.25, 0.3) is 5.91 Å². The third-order valence-electron chi connectivity index (χ3n) is 3.01. The number of amides is 1. The zero-order valence-corrected chi connectivity index (χ0v) is 12.4. The van der Waals surface area contributed by atoms with Crippen LogP contribution in [0.5, 0.6) is 5.75 Å². The average molecular weight is 288 g/mol. The molecule has 112 valence electrons. The van der Waals surface area contributed by atoms with Crippen molar-refractivity contribution in [1.82, 2.24) is 10.5 Å². The van der Waals surface area contributed by atoms with Crippen molar-refractivity contribution in [2.75, 3.05) is 13.2 Å². The van der Waals surface area contributed by atoms with Gasteiger partial charge in [-0.05, 0) is 38.8 Å². The average Bonchev–Trinajstić information content (AvgIpc) is 2.91. The van der Waals surface area contributed by atoms with Crippen molar-refractivity contribution < 1.29 is 14.1 Å². The molecule has 21 heavy (non-hydrogen) atoms. The third-order valence-corrected chi connectivity index (χ3v) is 3.01. The van der Waals surface area contributed by atoms with E-state index in [0.717, 1.165) is 18.6 Å². The van der Waals surface area contributed by atoms with E-state index in [1.807, 2.05) is 31.2 Å². The van der Waals surface area contributed by atoms with E-state index in [2.05, 4.69) is 10.5 Å². The predicted octanol–water partition coefficient (Wildman–Crippen LogP) is 2.88. The lowest BCUT2D eigenvalue weighted by Crippen LogP contribution is -2.25. The Kier molecular flexibility index (Phi) is 5.37. The fraction of sp³-hybridized carbons (Fsp3) is 0.375. The topological polar surface area (TPSA) is 64.4 Å². The van der Waals surface area contributed by atoms with Gasteiger partial charge >= 0.3 is 0 Å². The van der Waals surface area contributed by atoms with Gasteiger partial charge < -0.3 is 14.6 Å². The highest BCUT2D eigenvalue weighted by Crippen LogP contribution is 2.11. The Morgan fingerprint density at radius 2 is 2.00 bits per heavy atom. The summed E-state index contributed by atoms with van der Waals surface area (Å²) in [5, 5.41) is 6.47. The first-order chi connectivity index (χ1) is 10.1. The van der Waals surface area contributed by atoms with Gasteiger partial charge in [-0.1, -0.05) is 22.9 Å². The largest absolute Gasteiger partial charge is 0.494 e. The summed E-state index contributed by atoms with van der Waals surface area (Å²) < 4.78 is 10.5. The lowest BCUT2D eigenvalue weighted by Gasteiger charge is -2.06. The molecule has 5 heteroatoms. The number of benzene rings is 1. The van der Waals surface area contributed by atoms with Gasteiger partial charge in [-0.3, -0.25) is 4.79 Å². The molecule has 2 rings (SSSR count). The van der Waals surface area contributed by atoms with E-state index >= 15 is 0 Å². The van der Waals surface area contributed by atoms with Gasteiger partial charge in [0.2, 0.25) is 0 Å². The summed E-state index contributed by atoms with van der Waals surface area (Å²) in [6.07, 6.45) is 1.74. The summed E-state index contributed by atoms with van der Waals surface area (Å²) in [6, 6.07) is 9.59. The van der Waals surface area contributed by atoms with Crippen LogP contribution in [-0.2, 0) is 0 Å². The number of carbonyl (C=O) groups excluding carboxylic acids is 1. The Morgan fingerprint density at radius 3 is 2.67 bits per heavy atom. The van der Waals surface area contributed by atoms with Crippen molar-refractivity contribution in [1.29, 1.82) is 0 Å². The highest BCUT2D eigenvalue weighted by molar-refractivity contribution is 5.92. The molecule has 0 saturated carbocycles. The molecule has 2 aromatic rings. The van der Waals surface area contributed by atoms with E-state index in [9.17, 15) is 4.79 Å². The normalized spacial score (nSPS) is 10.4. The summed E-state index contributed by atoms with van der Waals surface area (Å²) >= 11 is 0. The molecule has 1 aromatic heterocycles. The van der Waals surface area contributed by atoms with Crippen molar-refractivity contribution >= 4 is 5.91 Å². The quantitative estimate of drug-likeness (QED) is 0.796. The highest BCUT2D eigenvalue weighted by Gasteiger charge is 2.09. The number of rotatable bonds is 7. The third kappa shape index (κ3) is 4.95. The number of carbonyl (C=O) groups is 1. The number of hydrogen-bond acceptors (Lipinski definition) is 4.